The molecule has 0 aromatic carbocycles. The van der Waals surface area contributed by atoms with Crippen LogP contribution in [0.1, 0.15) is 26.7 Å². The second kappa shape index (κ2) is 6.50. The van der Waals surface area contributed by atoms with E-state index in [1.54, 1.807) is 6.92 Å². The highest BCUT2D eigenvalue weighted by molar-refractivity contribution is 7.92. The third kappa shape index (κ3) is 3.91. The Morgan fingerprint density at radius 2 is 2.11 bits per heavy atom. The summed E-state index contributed by atoms with van der Waals surface area (Å²) in [5.41, 5.74) is 5.69. The lowest BCUT2D eigenvalue weighted by Gasteiger charge is -2.03. The number of hydrogen-bond acceptors (Lipinski definition) is 7. The summed E-state index contributed by atoms with van der Waals surface area (Å²) in [6.07, 6.45) is 1.73. The Bertz CT molecular complexity index is 538. The molecule has 0 amide bonds. The first-order chi connectivity index (χ1) is 8.92. The number of hydrogen-bond donors (Lipinski definition) is 1. The van der Waals surface area contributed by atoms with E-state index in [1.807, 2.05) is 6.92 Å². The zero-order valence-electron chi connectivity index (χ0n) is 11.0. The molecular weight excluding hydrogens is 272 g/mol. The minimum absolute atomic E-state index is 0.0438. The maximum Gasteiger partial charge on any atom is 0.321 e. The van der Waals surface area contributed by atoms with Crippen molar-refractivity contribution in [2.24, 2.45) is 0 Å². The van der Waals surface area contributed by atoms with Crippen LogP contribution >= 0.6 is 0 Å². The van der Waals surface area contributed by atoms with Gasteiger partial charge in [0.25, 0.3) is 0 Å². The van der Waals surface area contributed by atoms with Crippen molar-refractivity contribution in [3.63, 3.8) is 0 Å². The minimum Gasteiger partial charge on any atom is -0.465 e. The average molecular weight is 290 g/mol. The number of unbranched alkanes of at least 4 members (excludes halogenated alkanes) is 1. The Labute approximate surface area is 111 Å². The van der Waals surface area contributed by atoms with E-state index < -0.39 is 21.6 Å². The number of anilines is 1. The number of sulfone groups is 1. The Morgan fingerprint density at radius 3 is 2.68 bits per heavy atom. The fourth-order valence-corrected chi connectivity index (χ4v) is 2.54. The fraction of sp³-hybridized carbons (Fsp3) is 0.700. The van der Waals surface area contributed by atoms with Gasteiger partial charge in [-0.3, -0.25) is 4.79 Å². The molecule has 108 valence electrons. The van der Waals surface area contributed by atoms with Crippen LogP contribution < -0.4 is 5.73 Å². The molecule has 9 heteroatoms. The zero-order chi connectivity index (χ0) is 14.5. The van der Waals surface area contributed by atoms with Crippen molar-refractivity contribution in [3.05, 3.63) is 0 Å². The highest BCUT2D eigenvalue weighted by atomic mass is 32.2. The van der Waals surface area contributed by atoms with E-state index in [0.717, 1.165) is 12.8 Å². The van der Waals surface area contributed by atoms with Gasteiger partial charge in [0.15, 0.2) is 11.6 Å². The van der Waals surface area contributed by atoms with Crippen LogP contribution in [0.15, 0.2) is 5.03 Å². The van der Waals surface area contributed by atoms with E-state index in [2.05, 4.69) is 15.0 Å². The van der Waals surface area contributed by atoms with Crippen LogP contribution in [0.4, 0.5) is 5.82 Å². The summed E-state index contributed by atoms with van der Waals surface area (Å²) in [5, 5.41) is 6.86. The third-order valence-electron chi connectivity index (χ3n) is 2.37. The van der Waals surface area contributed by atoms with Crippen molar-refractivity contribution in [1.29, 1.82) is 0 Å². The van der Waals surface area contributed by atoms with E-state index >= 15 is 0 Å². The molecule has 1 heterocycles. The van der Waals surface area contributed by atoms with Gasteiger partial charge in [0.1, 0.15) is 0 Å². The lowest BCUT2D eigenvalue weighted by atomic mass is 10.3. The van der Waals surface area contributed by atoms with Crippen molar-refractivity contribution < 1.29 is 17.9 Å². The molecule has 1 aromatic heterocycles. The summed E-state index contributed by atoms with van der Waals surface area (Å²) in [6, 6.07) is 0. The van der Waals surface area contributed by atoms with Crippen LogP contribution in [0.3, 0.4) is 0 Å². The molecule has 0 spiro atoms. The van der Waals surface area contributed by atoms with Gasteiger partial charge in [0.05, 0.1) is 6.61 Å². The fourth-order valence-electron chi connectivity index (χ4n) is 1.43. The van der Waals surface area contributed by atoms with E-state index in [9.17, 15) is 13.2 Å². The Hall–Kier alpha value is -1.64. The molecule has 19 heavy (non-hydrogen) atoms. The monoisotopic (exact) mass is 290 g/mol. The number of nitrogens with zero attached hydrogens (tertiary/aromatic N) is 3. The van der Waals surface area contributed by atoms with Gasteiger partial charge in [-0.2, -0.15) is 0 Å². The SMILES string of the molecule is CCCCn1nnc(S(=O)(=O)CC(=O)OCC)c1N. The van der Waals surface area contributed by atoms with Gasteiger partial charge in [-0.1, -0.05) is 18.6 Å². The van der Waals surface area contributed by atoms with Crippen LogP contribution in [-0.4, -0.2) is 41.7 Å². The highest BCUT2D eigenvalue weighted by Crippen LogP contribution is 2.16. The Kier molecular flexibility index (Phi) is 5.28. The summed E-state index contributed by atoms with van der Waals surface area (Å²) in [6.45, 7) is 4.20. The van der Waals surface area contributed by atoms with Crippen molar-refractivity contribution in [2.45, 2.75) is 38.3 Å². The smallest absolute Gasteiger partial charge is 0.321 e. The molecular formula is C10H18N4O4S. The van der Waals surface area contributed by atoms with E-state index in [0.29, 0.717) is 6.54 Å². The van der Waals surface area contributed by atoms with Crippen molar-refractivity contribution in [1.82, 2.24) is 15.0 Å². The predicted octanol–water partition coefficient (Wildman–Crippen LogP) is -0.00280. The Morgan fingerprint density at radius 1 is 1.42 bits per heavy atom. The normalized spacial score (nSPS) is 11.5. The minimum atomic E-state index is -3.91. The molecule has 0 unspecified atom stereocenters. The highest BCUT2D eigenvalue weighted by Gasteiger charge is 2.27. The van der Waals surface area contributed by atoms with Crippen LogP contribution in [0.25, 0.3) is 0 Å². The van der Waals surface area contributed by atoms with E-state index in [4.69, 9.17) is 5.73 Å². The van der Waals surface area contributed by atoms with Gasteiger partial charge in [-0.15, -0.1) is 5.10 Å². The lowest BCUT2D eigenvalue weighted by Crippen LogP contribution is -2.20. The third-order valence-corrected chi connectivity index (χ3v) is 3.87. The predicted molar refractivity (Wildman–Crippen MR) is 68.0 cm³/mol. The van der Waals surface area contributed by atoms with Crippen LogP contribution in [0, 0.1) is 0 Å². The number of esters is 1. The van der Waals surface area contributed by atoms with Gasteiger partial charge >= 0.3 is 5.97 Å². The molecule has 0 aliphatic carbocycles. The first kappa shape index (κ1) is 15.4. The molecule has 0 fully saturated rings. The number of ether oxygens (including phenoxy) is 1. The Balaban J connectivity index is 2.90. The number of nitrogen functional groups attached to an aromatic ring is 1. The van der Waals surface area contributed by atoms with E-state index in [-0.39, 0.29) is 17.5 Å². The standard InChI is InChI=1S/C10H18N4O4S/c1-3-5-6-14-9(11)10(12-13-14)19(16,17)7-8(15)18-4-2/h3-7,11H2,1-2H3. The number of aryl methyl sites for hydroxylation is 1. The molecule has 0 aliphatic heterocycles. The van der Waals surface area contributed by atoms with E-state index in [1.165, 1.54) is 4.68 Å². The first-order valence-corrected chi connectivity index (χ1v) is 7.65. The number of aromatic nitrogens is 3. The second-order valence-corrected chi connectivity index (χ2v) is 5.83. The molecule has 0 aliphatic rings. The van der Waals surface area contributed by atoms with Crippen molar-refractivity contribution in [2.75, 3.05) is 18.1 Å². The molecule has 0 saturated carbocycles. The summed E-state index contributed by atoms with van der Waals surface area (Å²) in [5.74, 6) is -1.65. The number of carbonyl (C=O) groups excluding carboxylic acids is 1. The summed E-state index contributed by atoms with van der Waals surface area (Å²) in [7, 11) is -3.91. The molecule has 0 radical (unpaired) electrons. The van der Waals surface area contributed by atoms with Crippen molar-refractivity contribution in [3.8, 4) is 0 Å². The van der Waals surface area contributed by atoms with Crippen LogP contribution in [0.5, 0.6) is 0 Å². The van der Waals surface area contributed by atoms with Crippen molar-refractivity contribution >= 4 is 21.6 Å². The molecule has 0 saturated heterocycles. The van der Waals surface area contributed by atoms with Crippen LogP contribution in [0.2, 0.25) is 0 Å². The molecule has 1 rings (SSSR count). The average Bonchev–Trinajstić information content (AvgIpc) is 2.68. The molecule has 8 nitrogen and oxygen atoms in total. The number of nitrogens with two attached hydrogens (primary N) is 1. The maximum atomic E-state index is 11.9. The zero-order valence-corrected chi connectivity index (χ0v) is 11.8. The summed E-state index contributed by atoms with van der Waals surface area (Å²) < 4.78 is 29.8. The summed E-state index contributed by atoms with van der Waals surface area (Å²) >= 11 is 0. The quantitative estimate of drug-likeness (QED) is 0.702. The topological polar surface area (TPSA) is 117 Å². The molecule has 2 N–H and O–H groups in total. The number of carbonyl (C=O) groups is 1. The van der Waals surface area contributed by atoms with Gasteiger partial charge < -0.3 is 10.5 Å². The molecule has 0 bridgehead atoms. The molecule has 1 aromatic rings. The lowest BCUT2D eigenvalue weighted by molar-refractivity contribution is -0.139. The molecule has 0 atom stereocenters. The second-order valence-electron chi connectivity index (χ2n) is 3.92. The number of rotatable bonds is 7. The first-order valence-electron chi connectivity index (χ1n) is 5.99. The largest absolute Gasteiger partial charge is 0.465 e. The van der Waals surface area contributed by atoms with Gasteiger partial charge in [-0.25, -0.2) is 13.1 Å². The summed E-state index contributed by atoms with van der Waals surface area (Å²) in [4.78, 5) is 11.2. The van der Waals surface area contributed by atoms with Gasteiger partial charge in [0.2, 0.25) is 14.9 Å². The van der Waals surface area contributed by atoms with Gasteiger partial charge in [-0.05, 0) is 13.3 Å². The van der Waals surface area contributed by atoms with Crippen LogP contribution in [-0.2, 0) is 25.9 Å². The maximum absolute atomic E-state index is 11.9. The van der Waals surface area contributed by atoms with Gasteiger partial charge in [0, 0.05) is 6.54 Å².